The number of rotatable bonds is 1. The molecule has 0 saturated heterocycles. The smallest absolute Gasteiger partial charge is 0.221 e. The molecule has 1 aliphatic heterocycles. The summed E-state index contributed by atoms with van der Waals surface area (Å²) in [6, 6.07) is 18.9. The van der Waals surface area contributed by atoms with Gasteiger partial charge in [-0.05, 0) is 16.7 Å². The molecule has 3 aromatic rings. The summed E-state index contributed by atoms with van der Waals surface area (Å²) in [5.41, 5.74) is 10.6. The summed E-state index contributed by atoms with van der Waals surface area (Å²) in [6.45, 7) is 0. The van der Waals surface area contributed by atoms with Gasteiger partial charge in [-0.25, -0.2) is 4.98 Å². The predicted molar refractivity (Wildman–Crippen MR) is 87.6 cm³/mol. The van der Waals surface area contributed by atoms with Crippen molar-refractivity contribution >= 4 is 11.8 Å². The highest BCUT2D eigenvalue weighted by Gasteiger charge is 2.23. The molecule has 0 amide bonds. The van der Waals surface area contributed by atoms with Crippen LogP contribution in [-0.4, -0.2) is 9.97 Å². The van der Waals surface area contributed by atoms with E-state index in [1.165, 1.54) is 16.7 Å². The van der Waals surface area contributed by atoms with Gasteiger partial charge in [-0.3, -0.25) is 0 Å². The Hall–Kier alpha value is -2.88. The van der Waals surface area contributed by atoms with Crippen LogP contribution >= 0.6 is 0 Å². The van der Waals surface area contributed by atoms with Crippen molar-refractivity contribution in [2.24, 2.45) is 0 Å². The van der Waals surface area contributed by atoms with Crippen LogP contribution in [0.1, 0.15) is 28.3 Å². The van der Waals surface area contributed by atoms with Gasteiger partial charge in [0, 0.05) is 18.2 Å². The number of nitrogens with two attached hydrogens (primary N) is 1. The fourth-order valence-electron chi connectivity index (χ4n) is 2.98. The number of hydrogen-bond acceptors (Lipinski definition) is 4. The van der Waals surface area contributed by atoms with Crippen molar-refractivity contribution in [1.29, 1.82) is 0 Å². The second kappa shape index (κ2) is 5.15. The van der Waals surface area contributed by atoms with Crippen LogP contribution in [0.3, 0.4) is 0 Å². The number of aromatic nitrogens is 2. The summed E-state index contributed by atoms with van der Waals surface area (Å²) in [6.07, 6.45) is 2.62. The van der Waals surface area contributed by atoms with Crippen molar-refractivity contribution < 1.29 is 0 Å². The lowest BCUT2D eigenvalue weighted by atomic mass is 9.93. The summed E-state index contributed by atoms with van der Waals surface area (Å²) < 4.78 is 0. The molecule has 0 radical (unpaired) electrons. The molecule has 4 nitrogen and oxygen atoms in total. The Morgan fingerprint density at radius 3 is 2.59 bits per heavy atom. The Balaban J connectivity index is 1.90. The second-order valence-corrected chi connectivity index (χ2v) is 5.47. The fraction of sp³-hybridized carbons (Fsp3) is 0.111. The molecule has 2 aromatic carbocycles. The third-order valence-electron chi connectivity index (χ3n) is 4.04. The molecule has 0 fully saturated rings. The maximum Gasteiger partial charge on any atom is 0.221 e. The van der Waals surface area contributed by atoms with E-state index >= 15 is 0 Å². The van der Waals surface area contributed by atoms with E-state index in [9.17, 15) is 0 Å². The Labute approximate surface area is 129 Å². The zero-order valence-corrected chi connectivity index (χ0v) is 12.0. The van der Waals surface area contributed by atoms with Crippen LogP contribution in [0.4, 0.5) is 11.8 Å². The minimum atomic E-state index is 0.0629. The maximum absolute atomic E-state index is 5.76. The first-order valence-corrected chi connectivity index (χ1v) is 7.32. The third-order valence-corrected chi connectivity index (χ3v) is 4.04. The first-order valence-electron chi connectivity index (χ1n) is 7.32. The SMILES string of the molecule is Nc1ncc2c(n1)N[C@@H](c1ccccc1)c1ccccc1C2. The topological polar surface area (TPSA) is 63.8 Å². The lowest BCUT2D eigenvalue weighted by Crippen LogP contribution is -2.13. The molecule has 3 N–H and O–H groups in total. The van der Waals surface area contributed by atoms with E-state index in [-0.39, 0.29) is 6.04 Å². The van der Waals surface area contributed by atoms with Crippen molar-refractivity contribution in [2.75, 3.05) is 11.1 Å². The minimum Gasteiger partial charge on any atom is -0.368 e. The Morgan fingerprint density at radius 1 is 0.955 bits per heavy atom. The zero-order valence-electron chi connectivity index (χ0n) is 12.0. The lowest BCUT2D eigenvalue weighted by Gasteiger charge is -2.20. The number of fused-ring (bicyclic) bond motifs is 2. The van der Waals surface area contributed by atoms with E-state index in [2.05, 4.69) is 63.8 Å². The van der Waals surface area contributed by atoms with E-state index in [1.807, 2.05) is 12.3 Å². The van der Waals surface area contributed by atoms with E-state index in [0.717, 1.165) is 17.8 Å². The highest BCUT2D eigenvalue weighted by atomic mass is 15.1. The zero-order chi connectivity index (χ0) is 14.9. The molecule has 1 aliphatic rings. The van der Waals surface area contributed by atoms with Crippen LogP contribution in [0.25, 0.3) is 0 Å². The normalized spacial score (nSPS) is 16.1. The van der Waals surface area contributed by atoms with Crippen LogP contribution in [0, 0.1) is 0 Å². The van der Waals surface area contributed by atoms with Crippen LogP contribution in [-0.2, 0) is 6.42 Å². The Bertz CT molecular complexity index is 814. The van der Waals surface area contributed by atoms with Gasteiger partial charge in [-0.1, -0.05) is 54.6 Å². The van der Waals surface area contributed by atoms with E-state index in [0.29, 0.717) is 5.95 Å². The first-order chi connectivity index (χ1) is 10.8. The molecule has 4 rings (SSSR count). The molecular weight excluding hydrogens is 272 g/mol. The molecule has 0 bridgehead atoms. The number of nitrogen functional groups attached to an aromatic ring is 1. The predicted octanol–water partition coefficient (Wildman–Crippen LogP) is 3.16. The van der Waals surface area contributed by atoms with Gasteiger partial charge in [-0.2, -0.15) is 4.98 Å². The molecule has 0 aliphatic carbocycles. The molecule has 2 heterocycles. The van der Waals surface area contributed by atoms with E-state index in [1.54, 1.807) is 0 Å². The van der Waals surface area contributed by atoms with Gasteiger partial charge in [0.05, 0.1) is 6.04 Å². The standard InChI is InChI=1S/C18H16N4/c19-18-20-11-14-10-13-8-4-5-9-15(13)16(21-17(14)22-18)12-6-2-1-3-7-12/h1-9,11,16H,10H2,(H3,19,20,21,22)/t16-/m0/s1. The first kappa shape index (κ1) is 12.8. The summed E-state index contributed by atoms with van der Waals surface area (Å²) in [5, 5.41) is 3.54. The Kier molecular flexibility index (Phi) is 3.00. The molecule has 108 valence electrons. The lowest BCUT2D eigenvalue weighted by molar-refractivity contribution is 0.924. The fourth-order valence-corrected chi connectivity index (χ4v) is 2.98. The molecule has 0 spiro atoms. The largest absolute Gasteiger partial charge is 0.368 e. The number of anilines is 2. The van der Waals surface area contributed by atoms with Crippen LogP contribution in [0.15, 0.2) is 60.8 Å². The average molecular weight is 288 g/mol. The van der Waals surface area contributed by atoms with Gasteiger partial charge >= 0.3 is 0 Å². The van der Waals surface area contributed by atoms with Crippen LogP contribution in [0.5, 0.6) is 0 Å². The molecule has 22 heavy (non-hydrogen) atoms. The molecule has 1 aromatic heterocycles. The van der Waals surface area contributed by atoms with Crippen molar-refractivity contribution in [1.82, 2.24) is 9.97 Å². The quantitative estimate of drug-likeness (QED) is 0.722. The third kappa shape index (κ3) is 2.19. The number of nitrogens with zero attached hydrogens (tertiary/aromatic N) is 2. The highest BCUT2D eigenvalue weighted by Crippen LogP contribution is 2.34. The Morgan fingerprint density at radius 2 is 1.73 bits per heavy atom. The number of hydrogen-bond donors (Lipinski definition) is 2. The van der Waals surface area contributed by atoms with Crippen molar-refractivity contribution in [3.05, 3.63) is 83.0 Å². The molecular formula is C18H16N4. The van der Waals surface area contributed by atoms with Crippen LogP contribution < -0.4 is 11.1 Å². The second-order valence-electron chi connectivity index (χ2n) is 5.47. The average Bonchev–Trinajstić information content (AvgIpc) is 2.72. The number of benzene rings is 2. The summed E-state index contributed by atoms with van der Waals surface area (Å²) in [5.74, 6) is 1.11. The van der Waals surface area contributed by atoms with Crippen LogP contribution in [0.2, 0.25) is 0 Å². The van der Waals surface area contributed by atoms with Gasteiger partial charge in [-0.15, -0.1) is 0 Å². The summed E-state index contributed by atoms with van der Waals surface area (Å²) >= 11 is 0. The number of nitrogens with one attached hydrogen (secondary N) is 1. The molecule has 1 atom stereocenters. The minimum absolute atomic E-state index is 0.0629. The van der Waals surface area contributed by atoms with Crippen molar-refractivity contribution in [2.45, 2.75) is 12.5 Å². The monoisotopic (exact) mass is 288 g/mol. The van der Waals surface area contributed by atoms with Gasteiger partial charge in [0.2, 0.25) is 5.95 Å². The van der Waals surface area contributed by atoms with Gasteiger partial charge < -0.3 is 11.1 Å². The van der Waals surface area contributed by atoms with Crippen molar-refractivity contribution in [3.8, 4) is 0 Å². The van der Waals surface area contributed by atoms with E-state index in [4.69, 9.17) is 5.73 Å². The molecule has 0 unspecified atom stereocenters. The van der Waals surface area contributed by atoms with Crippen molar-refractivity contribution in [3.63, 3.8) is 0 Å². The van der Waals surface area contributed by atoms with Gasteiger partial charge in [0.1, 0.15) is 5.82 Å². The highest BCUT2D eigenvalue weighted by molar-refractivity contribution is 5.56. The summed E-state index contributed by atoms with van der Waals surface area (Å²) in [4.78, 5) is 8.52. The molecule has 0 saturated carbocycles. The van der Waals surface area contributed by atoms with Gasteiger partial charge in [0.25, 0.3) is 0 Å². The van der Waals surface area contributed by atoms with E-state index < -0.39 is 0 Å². The molecule has 4 heteroatoms. The summed E-state index contributed by atoms with van der Waals surface area (Å²) in [7, 11) is 0. The van der Waals surface area contributed by atoms with Gasteiger partial charge in [0.15, 0.2) is 0 Å². The maximum atomic E-state index is 5.76.